The summed E-state index contributed by atoms with van der Waals surface area (Å²) in [7, 11) is 2.09. The third-order valence-corrected chi connectivity index (χ3v) is 3.53. The molecule has 0 aliphatic carbocycles. The molecule has 0 radical (unpaired) electrons. The standard InChI is InChI=1S/C13H16BrN/c1-8(2)10-5-9(3)13-11(14)7-15(4)12(13)6-10/h5-8H,1-4H3. The average molecular weight is 266 g/mol. The summed E-state index contributed by atoms with van der Waals surface area (Å²) in [5, 5.41) is 1.34. The van der Waals surface area contributed by atoms with E-state index < -0.39 is 0 Å². The molecule has 0 aliphatic heterocycles. The van der Waals surface area contributed by atoms with Crippen molar-refractivity contribution in [3.8, 4) is 0 Å². The molecule has 15 heavy (non-hydrogen) atoms. The topological polar surface area (TPSA) is 4.93 Å². The molecule has 0 bridgehead atoms. The van der Waals surface area contributed by atoms with Crippen LogP contribution in [0.25, 0.3) is 10.9 Å². The molecule has 0 fully saturated rings. The van der Waals surface area contributed by atoms with Crippen LogP contribution in [0.3, 0.4) is 0 Å². The van der Waals surface area contributed by atoms with Crippen LogP contribution in [0, 0.1) is 6.92 Å². The van der Waals surface area contributed by atoms with Gasteiger partial charge in [-0.15, -0.1) is 0 Å². The summed E-state index contributed by atoms with van der Waals surface area (Å²) in [6.45, 7) is 6.65. The van der Waals surface area contributed by atoms with E-state index in [0.29, 0.717) is 5.92 Å². The number of halogens is 1. The normalized spacial score (nSPS) is 11.6. The fourth-order valence-corrected chi connectivity index (χ4v) is 2.85. The van der Waals surface area contributed by atoms with Crippen molar-refractivity contribution in [2.24, 2.45) is 7.05 Å². The van der Waals surface area contributed by atoms with Gasteiger partial charge in [0, 0.05) is 28.6 Å². The van der Waals surface area contributed by atoms with Crippen LogP contribution in [0.5, 0.6) is 0 Å². The molecule has 2 heteroatoms. The molecule has 1 nitrogen and oxygen atoms in total. The maximum atomic E-state index is 3.61. The third-order valence-electron chi connectivity index (χ3n) is 2.93. The first-order valence-electron chi connectivity index (χ1n) is 5.25. The van der Waals surface area contributed by atoms with Gasteiger partial charge in [0.2, 0.25) is 0 Å². The van der Waals surface area contributed by atoms with E-state index >= 15 is 0 Å². The lowest BCUT2D eigenvalue weighted by atomic mass is 9.99. The molecule has 0 saturated carbocycles. The molecule has 2 rings (SSSR count). The fourth-order valence-electron chi connectivity index (χ4n) is 2.02. The van der Waals surface area contributed by atoms with Crippen molar-refractivity contribution >= 4 is 26.8 Å². The van der Waals surface area contributed by atoms with Gasteiger partial charge in [-0.3, -0.25) is 0 Å². The summed E-state index contributed by atoms with van der Waals surface area (Å²) < 4.78 is 3.37. The van der Waals surface area contributed by atoms with E-state index in [9.17, 15) is 0 Å². The molecule has 80 valence electrons. The van der Waals surface area contributed by atoms with Gasteiger partial charge < -0.3 is 4.57 Å². The average Bonchev–Trinajstić information content (AvgIpc) is 2.42. The first kappa shape index (κ1) is 10.7. The lowest BCUT2D eigenvalue weighted by Gasteiger charge is -2.09. The van der Waals surface area contributed by atoms with E-state index in [1.165, 1.54) is 26.5 Å². The van der Waals surface area contributed by atoms with Crippen molar-refractivity contribution < 1.29 is 0 Å². The zero-order valence-electron chi connectivity index (χ0n) is 9.63. The molecule has 0 spiro atoms. The summed E-state index contributed by atoms with van der Waals surface area (Å²) >= 11 is 3.61. The zero-order valence-corrected chi connectivity index (χ0v) is 11.2. The van der Waals surface area contributed by atoms with Crippen LogP contribution in [-0.4, -0.2) is 4.57 Å². The molecule has 0 unspecified atom stereocenters. The molecular formula is C13H16BrN. The highest BCUT2D eigenvalue weighted by molar-refractivity contribution is 9.10. The van der Waals surface area contributed by atoms with Gasteiger partial charge in [0.05, 0.1) is 0 Å². The second-order valence-electron chi connectivity index (χ2n) is 4.47. The molecule has 0 atom stereocenters. The molecule has 1 aromatic heterocycles. The van der Waals surface area contributed by atoms with Crippen molar-refractivity contribution in [3.63, 3.8) is 0 Å². The van der Waals surface area contributed by atoms with Crippen molar-refractivity contribution in [1.29, 1.82) is 0 Å². The largest absolute Gasteiger partial charge is 0.349 e. The fraction of sp³-hybridized carbons (Fsp3) is 0.385. The van der Waals surface area contributed by atoms with Crippen LogP contribution in [0.4, 0.5) is 0 Å². The summed E-state index contributed by atoms with van der Waals surface area (Å²) in [5.74, 6) is 0.585. The van der Waals surface area contributed by atoms with Crippen molar-refractivity contribution in [3.05, 3.63) is 33.9 Å². The van der Waals surface area contributed by atoms with E-state index in [1.807, 2.05) is 0 Å². The van der Waals surface area contributed by atoms with Gasteiger partial charge in [0.1, 0.15) is 0 Å². The van der Waals surface area contributed by atoms with Crippen LogP contribution in [0.2, 0.25) is 0 Å². The van der Waals surface area contributed by atoms with Gasteiger partial charge in [0.15, 0.2) is 0 Å². The SMILES string of the molecule is Cc1cc(C(C)C)cc2c1c(Br)cn2C. The Bertz CT molecular complexity index is 509. The summed E-state index contributed by atoms with van der Waals surface area (Å²) in [5.41, 5.74) is 4.07. The minimum atomic E-state index is 0.585. The minimum absolute atomic E-state index is 0.585. The molecule has 1 aromatic carbocycles. The van der Waals surface area contributed by atoms with Gasteiger partial charge in [-0.25, -0.2) is 0 Å². The Morgan fingerprint density at radius 3 is 2.53 bits per heavy atom. The third kappa shape index (κ3) is 1.71. The lowest BCUT2D eigenvalue weighted by molar-refractivity contribution is 0.864. The number of nitrogens with zero attached hydrogens (tertiary/aromatic N) is 1. The van der Waals surface area contributed by atoms with Gasteiger partial charge >= 0.3 is 0 Å². The Labute approximate surface area is 99.2 Å². The van der Waals surface area contributed by atoms with Crippen LogP contribution in [0.1, 0.15) is 30.9 Å². The maximum absolute atomic E-state index is 3.61. The molecular weight excluding hydrogens is 250 g/mol. The van der Waals surface area contributed by atoms with Crippen LogP contribution < -0.4 is 0 Å². The van der Waals surface area contributed by atoms with Crippen molar-refractivity contribution in [2.75, 3.05) is 0 Å². The number of fused-ring (bicyclic) bond motifs is 1. The van der Waals surface area contributed by atoms with Crippen LogP contribution >= 0.6 is 15.9 Å². The molecule has 2 aromatic rings. The molecule has 0 saturated heterocycles. The van der Waals surface area contributed by atoms with Crippen molar-refractivity contribution in [2.45, 2.75) is 26.7 Å². The molecule has 0 amide bonds. The van der Waals surface area contributed by atoms with E-state index in [4.69, 9.17) is 0 Å². The Balaban J connectivity index is 2.81. The smallest absolute Gasteiger partial charge is 0.0495 e. The molecule has 0 N–H and O–H groups in total. The zero-order chi connectivity index (χ0) is 11.2. The second kappa shape index (κ2) is 3.67. The number of hydrogen-bond acceptors (Lipinski definition) is 0. The molecule has 1 heterocycles. The Morgan fingerprint density at radius 2 is 1.93 bits per heavy atom. The number of rotatable bonds is 1. The predicted octanol–water partition coefficient (Wildman–Crippen LogP) is 4.37. The Kier molecular flexibility index (Phi) is 2.63. The van der Waals surface area contributed by atoms with Gasteiger partial charge in [0.25, 0.3) is 0 Å². The van der Waals surface area contributed by atoms with Crippen LogP contribution in [0.15, 0.2) is 22.8 Å². The summed E-state index contributed by atoms with van der Waals surface area (Å²) in [4.78, 5) is 0. The van der Waals surface area contributed by atoms with Gasteiger partial charge in [-0.1, -0.05) is 19.9 Å². The Morgan fingerprint density at radius 1 is 1.27 bits per heavy atom. The summed E-state index contributed by atoms with van der Waals surface area (Å²) in [6, 6.07) is 4.58. The highest BCUT2D eigenvalue weighted by Gasteiger charge is 2.10. The number of aromatic nitrogens is 1. The predicted molar refractivity (Wildman–Crippen MR) is 69.4 cm³/mol. The highest BCUT2D eigenvalue weighted by atomic mass is 79.9. The van der Waals surface area contributed by atoms with E-state index in [1.54, 1.807) is 0 Å². The highest BCUT2D eigenvalue weighted by Crippen LogP contribution is 2.31. The maximum Gasteiger partial charge on any atom is 0.0495 e. The Hall–Kier alpha value is -0.760. The van der Waals surface area contributed by atoms with E-state index in [2.05, 4.69) is 66.6 Å². The van der Waals surface area contributed by atoms with Gasteiger partial charge in [-0.05, 0) is 46.0 Å². The van der Waals surface area contributed by atoms with Crippen LogP contribution in [-0.2, 0) is 7.05 Å². The first-order chi connectivity index (χ1) is 7.00. The van der Waals surface area contributed by atoms with E-state index in [-0.39, 0.29) is 0 Å². The first-order valence-corrected chi connectivity index (χ1v) is 6.05. The number of hydrogen-bond donors (Lipinski definition) is 0. The van der Waals surface area contributed by atoms with E-state index in [0.717, 1.165) is 0 Å². The number of benzene rings is 1. The van der Waals surface area contributed by atoms with Crippen molar-refractivity contribution in [1.82, 2.24) is 4.57 Å². The summed E-state index contributed by atoms with van der Waals surface area (Å²) in [6.07, 6.45) is 2.13. The lowest BCUT2D eigenvalue weighted by Crippen LogP contribution is -1.91. The monoisotopic (exact) mass is 265 g/mol. The minimum Gasteiger partial charge on any atom is -0.349 e. The second-order valence-corrected chi connectivity index (χ2v) is 5.33. The molecule has 0 aliphatic rings. The number of aryl methyl sites for hydroxylation is 2. The van der Waals surface area contributed by atoms with Gasteiger partial charge in [-0.2, -0.15) is 0 Å². The quantitative estimate of drug-likeness (QED) is 0.722.